The summed E-state index contributed by atoms with van der Waals surface area (Å²) in [7, 11) is 4.09. The number of hydrogen-bond donors (Lipinski definition) is 1. The van der Waals surface area contributed by atoms with Crippen molar-refractivity contribution in [2.45, 2.75) is 31.9 Å². The predicted octanol–water partition coefficient (Wildman–Crippen LogP) is 2.04. The summed E-state index contributed by atoms with van der Waals surface area (Å²) in [5, 5.41) is 3.58. The van der Waals surface area contributed by atoms with Gasteiger partial charge in [0.1, 0.15) is 6.10 Å². The van der Waals surface area contributed by atoms with Gasteiger partial charge in [0, 0.05) is 26.2 Å². The first-order valence-electron chi connectivity index (χ1n) is 9.02. The zero-order chi connectivity index (χ0) is 16.9. The summed E-state index contributed by atoms with van der Waals surface area (Å²) < 4.78 is 6.03. The van der Waals surface area contributed by atoms with Gasteiger partial charge in [-0.3, -0.25) is 4.99 Å². The Balaban J connectivity index is 1.61. The Morgan fingerprint density at radius 1 is 1.33 bits per heavy atom. The molecule has 0 aliphatic carbocycles. The molecule has 0 amide bonds. The topological polar surface area (TPSA) is 40.1 Å². The maximum atomic E-state index is 6.03. The summed E-state index contributed by atoms with van der Waals surface area (Å²) in [6, 6.07) is 9.12. The van der Waals surface area contributed by atoms with Gasteiger partial charge in [-0.1, -0.05) is 24.3 Å². The van der Waals surface area contributed by atoms with E-state index in [0.29, 0.717) is 6.04 Å². The minimum Gasteiger partial charge on any atom is -0.370 e. The molecule has 0 bridgehead atoms. The fourth-order valence-corrected chi connectivity index (χ4v) is 3.76. The first kappa shape index (κ1) is 17.2. The molecule has 24 heavy (non-hydrogen) atoms. The first-order chi connectivity index (χ1) is 11.7. The first-order valence-corrected chi connectivity index (χ1v) is 9.02. The van der Waals surface area contributed by atoms with Gasteiger partial charge in [0.2, 0.25) is 0 Å². The van der Waals surface area contributed by atoms with Crippen LogP contribution < -0.4 is 5.32 Å². The van der Waals surface area contributed by atoms with Crippen molar-refractivity contribution in [3.63, 3.8) is 0 Å². The van der Waals surface area contributed by atoms with Gasteiger partial charge in [-0.25, -0.2) is 0 Å². The van der Waals surface area contributed by atoms with E-state index in [4.69, 9.17) is 4.74 Å². The van der Waals surface area contributed by atoms with E-state index in [9.17, 15) is 0 Å². The summed E-state index contributed by atoms with van der Waals surface area (Å²) >= 11 is 0. The summed E-state index contributed by atoms with van der Waals surface area (Å²) in [6.45, 7) is 6.81. The van der Waals surface area contributed by atoms with E-state index in [1.807, 2.05) is 7.05 Å². The molecule has 3 rings (SSSR count). The lowest BCUT2D eigenvalue weighted by Crippen LogP contribution is -2.50. The molecule has 2 fully saturated rings. The van der Waals surface area contributed by atoms with Crippen molar-refractivity contribution in [1.82, 2.24) is 15.1 Å². The highest BCUT2D eigenvalue weighted by molar-refractivity contribution is 5.80. The average Bonchev–Trinajstić information content (AvgIpc) is 3.01. The second kappa shape index (κ2) is 7.99. The van der Waals surface area contributed by atoms with Crippen LogP contribution in [0.2, 0.25) is 0 Å². The van der Waals surface area contributed by atoms with Gasteiger partial charge in [0.05, 0.1) is 13.2 Å². The molecule has 0 radical (unpaired) electrons. The highest BCUT2D eigenvalue weighted by Crippen LogP contribution is 2.25. The van der Waals surface area contributed by atoms with E-state index in [0.717, 1.165) is 32.2 Å². The molecule has 2 heterocycles. The standard InChI is InChI=1S/C19H30N4O/c1-15-7-4-5-9-17(15)18-14-23(11-12-24-18)19(20-2)21-13-16-8-6-10-22(16)3/h4-5,7,9,16,18H,6,8,10-14H2,1-3H3,(H,20,21). The molecule has 0 saturated carbocycles. The molecular weight excluding hydrogens is 300 g/mol. The minimum atomic E-state index is 0.118. The van der Waals surface area contributed by atoms with Crippen molar-refractivity contribution in [2.75, 3.05) is 46.9 Å². The summed E-state index contributed by atoms with van der Waals surface area (Å²) in [5.74, 6) is 0.997. The molecular formula is C19H30N4O. The molecule has 0 aromatic heterocycles. The number of likely N-dealkylation sites (N-methyl/N-ethyl adjacent to an activating group) is 1. The maximum absolute atomic E-state index is 6.03. The average molecular weight is 330 g/mol. The second-order valence-corrected chi connectivity index (χ2v) is 6.87. The molecule has 2 aliphatic rings. The van der Waals surface area contributed by atoms with Crippen molar-refractivity contribution in [2.24, 2.45) is 4.99 Å². The minimum absolute atomic E-state index is 0.118. The normalized spacial score (nSPS) is 26.0. The lowest BCUT2D eigenvalue weighted by Gasteiger charge is -2.36. The Morgan fingerprint density at radius 2 is 2.17 bits per heavy atom. The fourth-order valence-electron chi connectivity index (χ4n) is 3.76. The van der Waals surface area contributed by atoms with Crippen LogP contribution in [0.15, 0.2) is 29.3 Å². The lowest BCUT2D eigenvalue weighted by molar-refractivity contribution is -0.00838. The number of benzene rings is 1. The highest BCUT2D eigenvalue weighted by Gasteiger charge is 2.26. The largest absolute Gasteiger partial charge is 0.370 e. The monoisotopic (exact) mass is 330 g/mol. The number of nitrogens with zero attached hydrogens (tertiary/aromatic N) is 3. The van der Waals surface area contributed by atoms with Crippen LogP contribution in [0, 0.1) is 6.92 Å². The van der Waals surface area contributed by atoms with Crippen LogP contribution in [0.4, 0.5) is 0 Å². The fraction of sp³-hybridized carbons (Fsp3) is 0.632. The van der Waals surface area contributed by atoms with Gasteiger partial charge >= 0.3 is 0 Å². The van der Waals surface area contributed by atoms with E-state index in [1.165, 1.54) is 30.5 Å². The Labute approximate surface area is 145 Å². The second-order valence-electron chi connectivity index (χ2n) is 6.87. The molecule has 132 valence electrons. The third-order valence-electron chi connectivity index (χ3n) is 5.28. The zero-order valence-electron chi connectivity index (χ0n) is 15.2. The Bertz CT molecular complexity index is 574. The third kappa shape index (κ3) is 3.90. The molecule has 2 saturated heterocycles. The number of likely N-dealkylation sites (tertiary alicyclic amines) is 1. The van der Waals surface area contributed by atoms with Gasteiger partial charge in [-0.15, -0.1) is 0 Å². The van der Waals surface area contributed by atoms with Crippen LogP contribution >= 0.6 is 0 Å². The van der Waals surface area contributed by atoms with Crippen molar-refractivity contribution in [1.29, 1.82) is 0 Å². The van der Waals surface area contributed by atoms with Crippen LogP contribution in [0.3, 0.4) is 0 Å². The molecule has 2 atom stereocenters. The summed E-state index contributed by atoms with van der Waals surface area (Å²) in [4.78, 5) is 9.27. The van der Waals surface area contributed by atoms with Crippen LogP contribution in [0.5, 0.6) is 0 Å². The summed E-state index contributed by atoms with van der Waals surface area (Å²) in [5.41, 5.74) is 2.58. The molecule has 2 aliphatic heterocycles. The van der Waals surface area contributed by atoms with Crippen LogP contribution in [0.25, 0.3) is 0 Å². The quantitative estimate of drug-likeness (QED) is 0.680. The number of morpholine rings is 1. The number of nitrogens with one attached hydrogen (secondary N) is 1. The molecule has 0 spiro atoms. The van der Waals surface area contributed by atoms with Crippen molar-refractivity contribution >= 4 is 5.96 Å². The summed E-state index contributed by atoms with van der Waals surface area (Å²) in [6.07, 6.45) is 2.69. The molecule has 1 aromatic rings. The number of ether oxygens (including phenoxy) is 1. The van der Waals surface area contributed by atoms with E-state index >= 15 is 0 Å². The van der Waals surface area contributed by atoms with Gasteiger partial charge in [-0.2, -0.15) is 0 Å². The SMILES string of the molecule is CN=C(NCC1CCCN1C)N1CCOC(c2ccccc2C)C1. The predicted molar refractivity (Wildman–Crippen MR) is 98.5 cm³/mol. The molecule has 1 aromatic carbocycles. The number of rotatable bonds is 3. The number of guanidine groups is 1. The lowest BCUT2D eigenvalue weighted by atomic mass is 10.0. The molecule has 5 nitrogen and oxygen atoms in total. The Kier molecular flexibility index (Phi) is 5.74. The van der Waals surface area contributed by atoms with E-state index in [2.05, 4.69) is 58.3 Å². The Hall–Kier alpha value is -1.59. The van der Waals surface area contributed by atoms with Gasteiger partial charge in [0.25, 0.3) is 0 Å². The molecule has 1 N–H and O–H groups in total. The van der Waals surface area contributed by atoms with E-state index in [1.54, 1.807) is 0 Å². The van der Waals surface area contributed by atoms with Gasteiger partial charge in [-0.05, 0) is 44.5 Å². The maximum Gasteiger partial charge on any atom is 0.193 e. The zero-order valence-corrected chi connectivity index (χ0v) is 15.2. The van der Waals surface area contributed by atoms with Gasteiger partial charge in [0.15, 0.2) is 5.96 Å². The number of aliphatic imine (C=N–C) groups is 1. The van der Waals surface area contributed by atoms with E-state index in [-0.39, 0.29) is 6.10 Å². The van der Waals surface area contributed by atoms with Crippen LogP contribution in [-0.4, -0.2) is 68.7 Å². The number of aryl methyl sites for hydroxylation is 1. The van der Waals surface area contributed by atoms with Crippen LogP contribution in [0.1, 0.15) is 30.1 Å². The van der Waals surface area contributed by atoms with Gasteiger partial charge < -0.3 is 19.9 Å². The van der Waals surface area contributed by atoms with Crippen molar-refractivity contribution in [3.8, 4) is 0 Å². The molecule has 2 unspecified atom stereocenters. The Morgan fingerprint density at radius 3 is 2.88 bits per heavy atom. The van der Waals surface area contributed by atoms with Crippen molar-refractivity contribution in [3.05, 3.63) is 35.4 Å². The van der Waals surface area contributed by atoms with Crippen LogP contribution in [-0.2, 0) is 4.74 Å². The smallest absolute Gasteiger partial charge is 0.193 e. The molecule has 5 heteroatoms. The highest BCUT2D eigenvalue weighted by atomic mass is 16.5. The third-order valence-corrected chi connectivity index (χ3v) is 5.28. The van der Waals surface area contributed by atoms with E-state index < -0.39 is 0 Å². The number of hydrogen-bond acceptors (Lipinski definition) is 3. The van der Waals surface area contributed by atoms with Crippen molar-refractivity contribution < 1.29 is 4.74 Å².